The quantitative estimate of drug-likeness (QED) is 0.711. The van der Waals surface area contributed by atoms with Crippen LogP contribution in [0.15, 0.2) is 34.9 Å². The monoisotopic (exact) mass is 347 g/mol. The summed E-state index contributed by atoms with van der Waals surface area (Å²) in [5, 5.41) is 13.2. The lowest BCUT2D eigenvalue weighted by molar-refractivity contribution is 0.0941. The minimum Gasteiger partial charge on any atom is -0.342 e. The molecule has 1 aromatic carbocycles. The molecule has 0 aliphatic rings. The van der Waals surface area contributed by atoms with Gasteiger partial charge in [0, 0.05) is 5.56 Å². The summed E-state index contributed by atoms with van der Waals surface area (Å²) < 4.78 is 18.0. The largest absolute Gasteiger partial charge is 0.342 e. The Balaban J connectivity index is 1.62. The van der Waals surface area contributed by atoms with Crippen LogP contribution in [0.5, 0.6) is 0 Å². The molecule has 3 aromatic rings. The molecule has 2 heterocycles. The van der Waals surface area contributed by atoms with Crippen LogP contribution in [0, 0.1) is 5.82 Å². The Hall–Kier alpha value is -2.68. The molecule has 24 heavy (non-hydrogen) atoms. The van der Waals surface area contributed by atoms with Gasteiger partial charge in [-0.2, -0.15) is 21.8 Å². The lowest BCUT2D eigenvalue weighted by Crippen LogP contribution is -2.23. The predicted octanol–water partition coefficient (Wildman–Crippen LogP) is 2.39. The Kier molecular flexibility index (Phi) is 4.90. The first-order valence-electron chi connectivity index (χ1n) is 7.05. The van der Waals surface area contributed by atoms with Crippen molar-refractivity contribution in [1.29, 1.82) is 0 Å². The molecule has 2 aromatic heterocycles. The van der Waals surface area contributed by atoms with Gasteiger partial charge in [-0.3, -0.25) is 9.89 Å². The summed E-state index contributed by atoms with van der Waals surface area (Å²) in [7, 11) is 0. The van der Waals surface area contributed by atoms with Crippen LogP contribution in [-0.4, -0.2) is 32.5 Å². The molecule has 0 saturated heterocycles. The number of aromatic amines is 1. The number of hydrogen-bond donors (Lipinski definition) is 2. The number of H-pyrrole nitrogens is 1. The molecule has 1 amide bonds. The van der Waals surface area contributed by atoms with Crippen molar-refractivity contribution >= 4 is 17.7 Å². The summed E-state index contributed by atoms with van der Waals surface area (Å²) >= 11 is 1.58. The van der Waals surface area contributed by atoms with Crippen LogP contribution >= 0.6 is 11.8 Å². The molecule has 0 atom stereocenters. The van der Waals surface area contributed by atoms with Gasteiger partial charge in [-0.05, 0) is 36.6 Å². The van der Waals surface area contributed by atoms with Crippen molar-refractivity contribution in [3.63, 3.8) is 0 Å². The Morgan fingerprint density at radius 2 is 2.17 bits per heavy atom. The van der Waals surface area contributed by atoms with Gasteiger partial charge in [-0.15, -0.1) is 0 Å². The van der Waals surface area contributed by atoms with E-state index in [1.165, 1.54) is 12.1 Å². The maximum atomic E-state index is 12.9. The van der Waals surface area contributed by atoms with E-state index in [4.69, 9.17) is 4.52 Å². The van der Waals surface area contributed by atoms with Gasteiger partial charge >= 0.3 is 0 Å². The standard InChI is InChI=1S/C15H14FN5O2S/c1-24-8-13-18-14(23-21-13)7-17-15(22)12-6-11(19-20-12)9-2-4-10(16)5-3-9/h2-6H,7-8H2,1H3,(H,17,22)(H,19,20). The number of rotatable bonds is 6. The zero-order valence-electron chi connectivity index (χ0n) is 12.7. The zero-order chi connectivity index (χ0) is 16.9. The Labute approximate surface area is 141 Å². The average molecular weight is 347 g/mol. The number of benzene rings is 1. The molecule has 9 heteroatoms. The highest BCUT2D eigenvalue weighted by molar-refractivity contribution is 7.97. The summed E-state index contributed by atoms with van der Waals surface area (Å²) in [4.78, 5) is 16.3. The first-order chi connectivity index (χ1) is 11.7. The molecule has 0 aliphatic heterocycles. The minimum atomic E-state index is -0.347. The van der Waals surface area contributed by atoms with E-state index in [0.29, 0.717) is 28.7 Å². The van der Waals surface area contributed by atoms with E-state index in [-0.39, 0.29) is 24.0 Å². The Morgan fingerprint density at radius 1 is 1.38 bits per heavy atom. The maximum absolute atomic E-state index is 12.9. The minimum absolute atomic E-state index is 0.130. The van der Waals surface area contributed by atoms with Gasteiger partial charge in [-0.1, -0.05) is 5.16 Å². The molecule has 0 spiro atoms. The van der Waals surface area contributed by atoms with Gasteiger partial charge < -0.3 is 9.84 Å². The molecule has 0 unspecified atom stereocenters. The van der Waals surface area contributed by atoms with Crippen LogP contribution in [0.4, 0.5) is 4.39 Å². The number of aromatic nitrogens is 4. The summed E-state index contributed by atoms with van der Waals surface area (Å²) in [6.07, 6.45) is 1.94. The van der Waals surface area contributed by atoms with Crippen molar-refractivity contribution in [2.24, 2.45) is 0 Å². The molecular formula is C15H14FN5O2S. The maximum Gasteiger partial charge on any atom is 0.269 e. The van der Waals surface area contributed by atoms with Gasteiger partial charge in [0.2, 0.25) is 5.89 Å². The van der Waals surface area contributed by atoms with Crippen LogP contribution in [0.1, 0.15) is 22.2 Å². The van der Waals surface area contributed by atoms with E-state index in [2.05, 4.69) is 25.7 Å². The number of amides is 1. The number of halogens is 1. The third kappa shape index (κ3) is 3.80. The smallest absolute Gasteiger partial charge is 0.269 e. The van der Waals surface area contributed by atoms with Crippen molar-refractivity contribution in [3.8, 4) is 11.3 Å². The Bertz CT molecular complexity index is 831. The lowest BCUT2D eigenvalue weighted by atomic mass is 10.1. The number of carbonyl (C=O) groups excluding carboxylic acids is 1. The second-order valence-corrected chi connectivity index (χ2v) is 5.76. The van der Waals surface area contributed by atoms with Crippen molar-refractivity contribution < 1.29 is 13.7 Å². The van der Waals surface area contributed by atoms with Gasteiger partial charge in [0.15, 0.2) is 5.82 Å². The number of nitrogens with zero attached hydrogens (tertiary/aromatic N) is 3. The van der Waals surface area contributed by atoms with Gasteiger partial charge in [-0.25, -0.2) is 4.39 Å². The van der Waals surface area contributed by atoms with Crippen LogP contribution in [0.25, 0.3) is 11.3 Å². The number of nitrogens with one attached hydrogen (secondary N) is 2. The first kappa shape index (κ1) is 16.2. The fourth-order valence-corrected chi connectivity index (χ4v) is 2.38. The summed E-state index contributed by atoms with van der Waals surface area (Å²) in [6.45, 7) is 0.130. The molecule has 0 aliphatic carbocycles. The highest BCUT2D eigenvalue weighted by Gasteiger charge is 2.13. The van der Waals surface area contributed by atoms with Gasteiger partial charge in [0.1, 0.15) is 11.5 Å². The van der Waals surface area contributed by atoms with E-state index in [1.807, 2.05) is 6.26 Å². The van der Waals surface area contributed by atoms with Gasteiger partial charge in [0.05, 0.1) is 18.0 Å². The van der Waals surface area contributed by atoms with E-state index in [0.717, 1.165) is 0 Å². The van der Waals surface area contributed by atoms with Crippen LogP contribution in [0.2, 0.25) is 0 Å². The Morgan fingerprint density at radius 3 is 2.92 bits per heavy atom. The molecule has 0 radical (unpaired) electrons. The SMILES string of the molecule is CSCc1noc(CNC(=O)c2cc(-c3ccc(F)cc3)n[nH]2)n1. The molecule has 0 fully saturated rings. The molecule has 7 nitrogen and oxygen atoms in total. The third-order valence-corrected chi connectivity index (χ3v) is 3.69. The van der Waals surface area contributed by atoms with Crippen molar-refractivity contribution in [2.45, 2.75) is 12.3 Å². The highest BCUT2D eigenvalue weighted by Crippen LogP contribution is 2.18. The van der Waals surface area contributed by atoms with E-state index in [1.54, 1.807) is 30.0 Å². The van der Waals surface area contributed by atoms with Crippen LogP contribution in [0.3, 0.4) is 0 Å². The van der Waals surface area contributed by atoms with Crippen molar-refractivity contribution in [3.05, 3.63) is 53.6 Å². The average Bonchev–Trinajstić information content (AvgIpc) is 3.23. The second kappa shape index (κ2) is 7.26. The summed E-state index contributed by atoms with van der Waals surface area (Å²) in [5.74, 6) is 0.907. The van der Waals surface area contributed by atoms with Crippen LogP contribution < -0.4 is 5.32 Å². The second-order valence-electron chi connectivity index (χ2n) is 4.89. The normalized spacial score (nSPS) is 10.8. The predicted molar refractivity (Wildman–Crippen MR) is 86.7 cm³/mol. The number of thioether (sulfide) groups is 1. The van der Waals surface area contributed by atoms with Crippen molar-refractivity contribution in [2.75, 3.05) is 6.26 Å². The third-order valence-electron chi connectivity index (χ3n) is 3.15. The first-order valence-corrected chi connectivity index (χ1v) is 8.45. The van der Waals surface area contributed by atoms with E-state index < -0.39 is 0 Å². The fourth-order valence-electron chi connectivity index (χ4n) is 2.01. The molecule has 2 N–H and O–H groups in total. The summed E-state index contributed by atoms with van der Waals surface area (Å²) in [6, 6.07) is 7.46. The molecule has 124 valence electrons. The highest BCUT2D eigenvalue weighted by atomic mass is 32.2. The van der Waals surface area contributed by atoms with Crippen LogP contribution in [-0.2, 0) is 12.3 Å². The fraction of sp³-hybridized carbons (Fsp3) is 0.200. The topological polar surface area (TPSA) is 96.7 Å². The molecule has 0 bridgehead atoms. The molecule has 3 rings (SSSR count). The number of carbonyl (C=O) groups is 1. The van der Waals surface area contributed by atoms with E-state index in [9.17, 15) is 9.18 Å². The van der Waals surface area contributed by atoms with E-state index >= 15 is 0 Å². The zero-order valence-corrected chi connectivity index (χ0v) is 13.6. The summed E-state index contributed by atoms with van der Waals surface area (Å²) in [5.41, 5.74) is 1.56. The van der Waals surface area contributed by atoms with Crippen molar-refractivity contribution in [1.82, 2.24) is 25.7 Å². The lowest BCUT2D eigenvalue weighted by Gasteiger charge is -1.98. The van der Waals surface area contributed by atoms with Gasteiger partial charge in [0.25, 0.3) is 5.91 Å². The molecular weight excluding hydrogens is 333 g/mol. The molecule has 0 saturated carbocycles. The number of hydrogen-bond acceptors (Lipinski definition) is 6.